The highest BCUT2D eigenvalue weighted by atomic mass is 32.2. The van der Waals surface area contributed by atoms with Gasteiger partial charge in [0.15, 0.2) is 15.5 Å². The van der Waals surface area contributed by atoms with E-state index in [1.54, 1.807) is 11.0 Å². The van der Waals surface area contributed by atoms with Gasteiger partial charge in [-0.2, -0.15) is 0 Å². The van der Waals surface area contributed by atoms with Crippen LogP contribution in [-0.2, 0) is 20.0 Å². The summed E-state index contributed by atoms with van der Waals surface area (Å²) in [5, 5.41) is 3.13. The average molecular weight is 450 g/mol. The number of H-pyrrole nitrogens is 1. The van der Waals surface area contributed by atoms with Gasteiger partial charge in [0, 0.05) is 48.3 Å². The van der Waals surface area contributed by atoms with E-state index < -0.39 is 9.84 Å². The number of aromatic amines is 1. The van der Waals surface area contributed by atoms with Crippen LogP contribution < -0.4 is 5.56 Å². The van der Waals surface area contributed by atoms with Gasteiger partial charge in [-0.05, 0) is 19.9 Å². The van der Waals surface area contributed by atoms with E-state index in [-0.39, 0.29) is 46.9 Å². The Morgan fingerprint density at radius 1 is 1.29 bits per heavy atom. The van der Waals surface area contributed by atoms with Crippen molar-refractivity contribution in [2.45, 2.75) is 51.0 Å². The summed E-state index contributed by atoms with van der Waals surface area (Å²) in [6.45, 7) is 7.55. The van der Waals surface area contributed by atoms with E-state index in [9.17, 15) is 18.0 Å². The van der Waals surface area contributed by atoms with E-state index in [1.165, 1.54) is 4.52 Å². The third kappa shape index (κ3) is 4.55. The van der Waals surface area contributed by atoms with E-state index in [0.29, 0.717) is 25.2 Å². The van der Waals surface area contributed by atoms with Gasteiger partial charge in [-0.25, -0.2) is 17.9 Å². The lowest BCUT2D eigenvalue weighted by molar-refractivity contribution is -0.131. The predicted octanol–water partition coefficient (Wildman–Crippen LogP) is 0.755. The van der Waals surface area contributed by atoms with Crippen molar-refractivity contribution in [2.75, 3.05) is 38.2 Å². The fourth-order valence-corrected chi connectivity index (χ4v) is 6.20. The largest absolute Gasteiger partial charge is 0.341 e. The van der Waals surface area contributed by atoms with Gasteiger partial charge < -0.3 is 4.90 Å². The van der Waals surface area contributed by atoms with Crippen LogP contribution in [0.3, 0.4) is 0 Å². The molecule has 0 aliphatic carbocycles. The molecule has 2 saturated heterocycles. The minimum atomic E-state index is -2.98. The Kier molecular flexibility index (Phi) is 5.49. The molecule has 1 N–H and O–H groups in total. The third-order valence-corrected chi connectivity index (χ3v) is 8.20. The maximum atomic E-state index is 12.8. The highest BCUT2D eigenvalue weighted by Crippen LogP contribution is 2.27. The van der Waals surface area contributed by atoms with Crippen LogP contribution in [0.2, 0.25) is 0 Å². The van der Waals surface area contributed by atoms with E-state index in [1.807, 2.05) is 18.0 Å². The standard InChI is InChI=1S/C21H31N5O4S/c1-21(2,3)17-10-18-22-16(9-19(27)26(18)23-17)14-5-7-25(11-14)20(28)12-24(4)15-6-8-31(29,30)13-15/h9-10,14-15,23H,5-8,11-13H2,1-4H3/t14-,15-/m1/s1. The van der Waals surface area contributed by atoms with Gasteiger partial charge in [0.25, 0.3) is 5.56 Å². The molecule has 0 aromatic carbocycles. The predicted molar refractivity (Wildman–Crippen MR) is 118 cm³/mol. The van der Waals surface area contributed by atoms with Crippen LogP contribution in [-0.4, -0.2) is 83.0 Å². The quantitative estimate of drug-likeness (QED) is 0.738. The average Bonchev–Trinajstić information content (AvgIpc) is 3.38. The Balaban J connectivity index is 1.44. The molecule has 2 aromatic heterocycles. The molecule has 4 rings (SSSR count). The molecule has 0 saturated carbocycles. The summed E-state index contributed by atoms with van der Waals surface area (Å²) >= 11 is 0. The number of aromatic nitrogens is 3. The van der Waals surface area contributed by atoms with Crippen LogP contribution in [0.1, 0.15) is 50.9 Å². The fraction of sp³-hybridized carbons (Fsp3) is 0.667. The molecule has 0 bridgehead atoms. The Morgan fingerprint density at radius 3 is 2.68 bits per heavy atom. The van der Waals surface area contributed by atoms with Gasteiger partial charge in [0.2, 0.25) is 5.91 Å². The minimum absolute atomic E-state index is 0.0104. The summed E-state index contributed by atoms with van der Waals surface area (Å²) in [5.41, 5.74) is 1.98. The molecular formula is C21H31N5O4S. The molecule has 0 spiro atoms. The van der Waals surface area contributed by atoms with Crippen molar-refractivity contribution < 1.29 is 13.2 Å². The van der Waals surface area contributed by atoms with Crippen LogP contribution >= 0.6 is 0 Å². The molecule has 2 aliphatic rings. The summed E-state index contributed by atoms with van der Waals surface area (Å²) in [5.74, 6) is 0.331. The lowest BCUT2D eigenvalue weighted by Gasteiger charge is -2.25. The SMILES string of the molecule is CN(CC(=O)N1CC[C@@H](c2cc(=O)n3[nH]c(C(C)(C)C)cc3n2)C1)[C@@H]1CCS(=O)(=O)C1. The van der Waals surface area contributed by atoms with E-state index in [2.05, 4.69) is 25.9 Å². The van der Waals surface area contributed by atoms with Crippen molar-refractivity contribution >= 4 is 21.4 Å². The Labute approximate surface area is 182 Å². The van der Waals surface area contributed by atoms with E-state index in [0.717, 1.165) is 17.8 Å². The van der Waals surface area contributed by atoms with Crippen LogP contribution in [0.15, 0.2) is 16.9 Å². The fourth-order valence-electron chi connectivity index (χ4n) is 4.40. The number of nitrogens with zero attached hydrogens (tertiary/aromatic N) is 4. The molecule has 0 radical (unpaired) electrons. The summed E-state index contributed by atoms with van der Waals surface area (Å²) in [4.78, 5) is 33.8. The van der Waals surface area contributed by atoms with Gasteiger partial charge in [0.1, 0.15) is 0 Å². The van der Waals surface area contributed by atoms with E-state index in [4.69, 9.17) is 4.98 Å². The Hall–Kier alpha value is -2.20. The number of hydrogen-bond donors (Lipinski definition) is 1. The molecule has 4 heterocycles. The first-order chi connectivity index (χ1) is 14.4. The number of fused-ring (bicyclic) bond motifs is 1. The maximum Gasteiger partial charge on any atom is 0.272 e. The molecule has 1 amide bonds. The third-order valence-electron chi connectivity index (χ3n) is 6.45. The molecular weight excluding hydrogens is 418 g/mol. The first kappa shape index (κ1) is 22.0. The van der Waals surface area contributed by atoms with E-state index >= 15 is 0 Å². The first-order valence-electron chi connectivity index (χ1n) is 10.7. The zero-order chi connectivity index (χ0) is 22.6. The zero-order valence-corrected chi connectivity index (χ0v) is 19.4. The first-order valence-corrected chi connectivity index (χ1v) is 12.6. The number of amides is 1. The maximum absolute atomic E-state index is 12.8. The molecule has 170 valence electrons. The molecule has 2 aliphatic heterocycles. The second-order valence-electron chi connectivity index (χ2n) is 9.93. The molecule has 9 nitrogen and oxygen atoms in total. The van der Waals surface area contributed by atoms with Gasteiger partial charge in [-0.1, -0.05) is 20.8 Å². The van der Waals surface area contributed by atoms with Gasteiger partial charge >= 0.3 is 0 Å². The normalized spacial score (nSPS) is 23.8. The zero-order valence-electron chi connectivity index (χ0n) is 18.6. The van der Waals surface area contributed by atoms with Gasteiger partial charge in [0.05, 0.1) is 23.7 Å². The summed E-state index contributed by atoms with van der Waals surface area (Å²) in [6.07, 6.45) is 1.34. The lowest BCUT2D eigenvalue weighted by atomic mass is 9.93. The highest BCUT2D eigenvalue weighted by molar-refractivity contribution is 7.91. The van der Waals surface area contributed by atoms with Crippen molar-refractivity contribution in [3.05, 3.63) is 33.9 Å². The number of likely N-dealkylation sites (tertiary alicyclic amines) is 1. The molecule has 2 aromatic rings. The van der Waals surface area contributed by atoms with Crippen molar-refractivity contribution in [1.29, 1.82) is 0 Å². The topological polar surface area (TPSA) is 108 Å². The van der Waals surface area contributed by atoms with Crippen LogP contribution in [0.5, 0.6) is 0 Å². The number of rotatable bonds is 4. The highest BCUT2D eigenvalue weighted by Gasteiger charge is 2.34. The van der Waals surface area contributed by atoms with Crippen molar-refractivity contribution in [3.8, 4) is 0 Å². The number of carbonyl (C=O) groups is 1. The molecule has 31 heavy (non-hydrogen) atoms. The number of carbonyl (C=O) groups excluding carboxylic acids is 1. The summed E-state index contributed by atoms with van der Waals surface area (Å²) in [7, 11) is -1.17. The second-order valence-corrected chi connectivity index (χ2v) is 12.2. The van der Waals surface area contributed by atoms with Crippen molar-refractivity contribution in [1.82, 2.24) is 24.4 Å². The number of likely N-dealkylation sites (N-methyl/N-ethyl adjacent to an activating group) is 1. The van der Waals surface area contributed by atoms with Crippen molar-refractivity contribution in [3.63, 3.8) is 0 Å². The monoisotopic (exact) mass is 449 g/mol. The minimum Gasteiger partial charge on any atom is -0.341 e. The Morgan fingerprint density at radius 2 is 2.03 bits per heavy atom. The second kappa shape index (κ2) is 7.74. The number of nitrogens with one attached hydrogen (secondary N) is 1. The lowest BCUT2D eigenvalue weighted by Crippen LogP contribution is -2.42. The number of hydrogen-bond acceptors (Lipinski definition) is 6. The molecule has 2 atom stereocenters. The van der Waals surface area contributed by atoms with Gasteiger partial charge in [-0.3, -0.25) is 19.6 Å². The van der Waals surface area contributed by atoms with Gasteiger partial charge in [-0.15, -0.1) is 0 Å². The molecule has 0 unspecified atom stereocenters. The van der Waals surface area contributed by atoms with Crippen LogP contribution in [0.25, 0.3) is 5.65 Å². The van der Waals surface area contributed by atoms with Crippen LogP contribution in [0.4, 0.5) is 0 Å². The smallest absolute Gasteiger partial charge is 0.272 e. The van der Waals surface area contributed by atoms with Crippen LogP contribution in [0, 0.1) is 0 Å². The summed E-state index contributed by atoms with van der Waals surface area (Å²) in [6, 6.07) is 3.37. The molecule has 2 fully saturated rings. The van der Waals surface area contributed by atoms with Crippen molar-refractivity contribution in [2.24, 2.45) is 0 Å². The molecule has 10 heteroatoms. The number of sulfone groups is 1. The summed E-state index contributed by atoms with van der Waals surface area (Å²) < 4.78 is 24.9. The Bertz CT molecular complexity index is 1160.